The number of hydrogen-bond donors (Lipinski definition) is 0. The topological polar surface area (TPSA) is 52.4 Å². The average molecular weight is 376 g/mol. The maximum atomic E-state index is 11.4. The molecule has 0 aromatic heterocycles. The summed E-state index contributed by atoms with van der Waals surface area (Å²) in [7, 11) is 0. The molecule has 0 heterocycles. The molecule has 23 heavy (non-hydrogen) atoms. The second-order valence-corrected chi connectivity index (χ2v) is 5.99. The molecule has 2 aromatic rings. The highest BCUT2D eigenvalue weighted by atomic mass is 79.9. The molecule has 0 radical (unpaired) electrons. The van der Waals surface area contributed by atoms with Crippen molar-refractivity contribution in [2.75, 3.05) is 6.61 Å². The maximum absolute atomic E-state index is 11.4. The van der Waals surface area contributed by atoms with E-state index in [9.17, 15) is 10.1 Å². The maximum Gasteiger partial charge on any atom is 0.312 e. The molecule has 0 bridgehead atoms. The van der Waals surface area contributed by atoms with Crippen LogP contribution in [0.15, 0.2) is 59.6 Å². The van der Waals surface area contributed by atoms with Gasteiger partial charge in [0.25, 0.3) is 0 Å². The number of ether oxygens (including phenoxy) is 1. The molecule has 0 amide bonds. The third-order valence-corrected chi connectivity index (χ3v) is 3.90. The van der Waals surface area contributed by atoms with Crippen molar-refractivity contribution < 1.29 is 9.66 Å². The minimum atomic E-state index is -0.412. The van der Waals surface area contributed by atoms with Crippen molar-refractivity contribution in [3.63, 3.8) is 0 Å². The summed E-state index contributed by atoms with van der Waals surface area (Å²) in [5.74, 6) is 0.132. The number of nitrogens with zero attached hydrogens (tertiary/aromatic N) is 1. The van der Waals surface area contributed by atoms with Gasteiger partial charge in [0.1, 0.15) is 0 Å². The molecule has 120 valence electrons. The largest absolute Gasteiger partial charge is 0.487 e. The van der Waals surface area contributed by atoms with Gasteiger partial charge in [-0.3, -0.25) is 10.1 Å². The van der Waals surface area contributed by atoms with Gasteiger partial charge in [0.15, 0.2) is 0 Å². The van der Waals surface area contributed by atoms with E-state index in [1.54, 1.807) is 6.08 Å². The minimum Gasteiger partial charge on any atom is -0.487 e. The first-order valence-corrected chi connectivity index (χ1v) is 8.15. The fourth-order valence-electron chi connectivity index (χ4n) is 2.43. The number of nitro benzene ring substituents is 1. The number of hydrogen-bond acceptors (Lipinski definition) is 3. The number of halogens is 1. The Morgan fingerprint density at radius 3 is 2.61 bits per heavy atom. The average Bonchev–Trinajstić information content (AvgIpc) is 2.55. The van der Waals surface area contributed by atoms with Crippen LogP contribution >= 0.6 is 15.9 Å². The van der Waals surface area contributed by atoms with Crippen molar-refractivity contribution in [2.45, 2.75) is 19.3 Å². The molecule has 0 spiro atoms. The van der Waals surface area contributed by atoms with Crippen LogP contribution in [0, 0.1) is 10.1 Å². The van der Waals surface area contributed by atoms with Crippen LogP contribution in [0.25, 0.3) is 0 Å². The van der Waals surface area contributed by atoms with Crippen LogP contribution in [-0.2, 0) is 0 Å². The lowest BCUT2D eigenvalue weighted by atomic mass is 9.90. The zero-order valence-corrected chi connectivity index (χ0v) is 14.5. The van der Waals surface area contributed by atoms with Crippen LogP contribution in [0.4, 0.5) is 5.69 Å². The van der Waals surface area contributed by atoms with Crippen molar-refractivity contribution >= 4 is 21.6 Å². The normalized spacial score (nSPS) is 11.7. The second-order valence-electron chi connectivity index (χ2n) is 5.07. The van der Waals surface area contributed by atoms with Crippen LogP contribution in [0.5, 0.6) is 5.75 Å². The van der Waals surface area contributed by atoms with Crippen molar-refractivity contribution in [1.29, 1.82) is 0 Å². The summed E-state index contributed by atoms with van der Waals surface area (Å²) >= 11 is 3.36. The fourth-order valence-corrected chi connectivity index (χ4v) is 2.89. The Labute approximate surface area is 144 Å². The summed E-state index contributed by atoms with van der Waals surface area (Å²) in [5, 5.41) is 11.4. The third-order valence-electron chi connectivity index (χ3n) is 3.44. The zero-order chi connectivity index (χ0) is 16.8. The highest BCUT2D eigenvalue weighted by Crippen LogP contribution is 2.41. The van der Waals surface area contributed by atoms with Gasteiger partial charge < -0.3 is 4.74 Å². The first kappa shape index (κ1) is 17.2. The van der Waals surface area contributed by atoms with Crippen LogP contribution in [0.3, 0.4) is 0 Å². The van der Waals surface area contributed by atoms with Gasteiger partial charge in [-0.1, -0.05) is 59.3 Å². The van der Waals surface area contributed by atoms with Crippen molar-refractivity contribution in [3.05, 3.63) is 80.8 Å². The van der Waals surface area contributed by atoms with Gasteiger partial charge in [0, 0.05) is 22.0 Å². The van der Waals surface area contributed by atoms with Crippen LogP contribution < -0.4 is 4.74 Å². The summed E-state index contributed by atoms with van der Waals surface area (Å²) in [4.78, 5) is 11.0. The zero-order valence-electron chi connectivity index (χ0n) is 12.9. The van der Waals surface area contributed by atoms with Crippen LogP contribution in [-0.4, -0.2) is 11.5 Å². The lowest BCUT2D eigenvalue weighted by Gasteiger charge is -2.18. The molecule has 0 aliphatic carbocycles. The lowest BCUT2D eigenvalue weighted by molar-refractivity contribution is -0.386. The molecule has 0 N–H and O–H groups in total. The molecule has 0 saturated carbocycles. The summed E-state index contributed by atoms with van der Waals surface area (Å²) in [5.41, 5.74) is 1.71. The molecule has 4 nitrogen and oxygen atoms in total. The summed E-state index contributed by atoms with van der Waals surface area (Å²) in [6, 6.07) is 13.1. The van der Waals surface area contributed by atoms with E-state index in [1.165, 1.54) is 6.07 Å². The Bertz CT molecular complexity index is 701. The van der Waals surface area contributed by atoms with Gasteiger partial charge in [-0.15, -0.1) is 6.58 Å². The highest BCUT2D eigenvalue weighted by molar-refractivity contribution is 9.10. The van der Waals surface area contributed by atoms with Crippen LogP contribution in [0.2, 0.25) is 0 Å². The summed E-state index contributed by atoms with van der Waals surface area (Å²) < 4.78 is 6.37. The van der Waals surface area contributed by atoms with E-state index >= 15 is 0 Å². The highest BCUT2D eigenvalue weighted by Gasteiger charge is 2.25. The third kappa shape index (κ3) is 3.99. The molecule has 0 saturated heterocycles. The second kappa shape index (κ2) is 7.92. The Hall–Kier alpha value is -2.14. The Kier molecular flexibility index (Phi) is 5.93. The van der Waals surface area contributed by atoms with E-state index in [1.807, 2.05) is 43.3 Å². The SMILES string of the molecule is C=CC(c1ccccc1)c1cc(Br)cc([N+](=O)[O-])c1OCCC. The molecule has 1 atom stereocenters. The molecule has 2 aromatic carbocycles. The molecule has 0 aliphatic rings. The molecular formula is C18H18BrNO3. The molecule has 5 heteroatoms. The Morgan fingerprint density at radius 1 is 1.35 bits per heavy atom. The van der Waals surface area contributed by atoms with Gasteiger partial charge >= 0.3 is 5.69 Å². The van der Waals surface area contributed by atoms with Crippen molar-refractivity contribution in [1.82, 2.24) is 0 Å². The number of rotatable bonds is 7. The number of nitro groups is 1. The van der Waals surface area contributed by atoms with Crippen molar-refractivity contribution in [2.24, 2.45) is 0 Å². The predicted octanol–water partition coefficient (Wildman–Crippen LogP) is 5.46. The van der Waals surface area contributed by atoms with Gasteiger partial charge in [-0.05, 0) is 18.1 Å². The van der Waals surface area contributed by atoms with E-state index < -0.39 is 4.92 Å². The van der Waals surface area contributed by atoms with E-state index in [-0.39, 0.29) is 11.6 Å². The van der Waals surface area contributed by atoms with E-state index in [4.69, 9.17) is 4.74 Å². The smallest absolute Gasteiger partial charge is 0.312 e. The van der Waals surface area contributed by atoms with Gasteiger partial charge in [0.2, 0.25) is 5.75 Å². The first-order valence-electron chi connectivity index (χ1n) is 7.36. The Balaban J connectivity index is 2.62. The monoisotopic (exact) mass is 375 g/mol. The van der Waals surface area contributed by atoms with E-state index in [2.05, 4.69) is 22.5 Å². The van der Waals surface area contributed by atoms with Gasteiger partial charge in [0.05, 0.1) is 11.5 Å². The summed E-state index contributed by atoms with van der Waals surface area (Å²) in [6.45, 7) is 6.29. The Morgan fingerprint density at radius 2 is 2.04 bits per heavy atom. The van der Waals surface area contributed by atoms with E-state index in [0.29, 0.717) is 16.8 Å². The first-order chi connectivity index (χ1) is 11.1. The quantitative estimate of drug-likeness (QED) is 0.366. The summed E-state index contributed by atoms with van der Waals surface area (Å²) in [6.07, 6.45) is 2.55. The van der Waals surface area contributed by atoms with Gasteiger partial charge in [-0.2, -0.15) is 0 Å². The number of allylic oxidation sites excluding steroid dienone is 1. The lowest BCUT2D eigenvalue weighted by Crippen LogP contribution is -2.06. The van der Waals surface area contributed by atoms with E-state index in [0.717, 1.165) is 17.5 Å². The van der Waals surface area contributed by atoms with Crippen molar-refractivity contribution in [3.8, 4) is 5.75 Å². The molecule has 0 aliphatic heterocycles. The minimum absolute atomic E-state index is 0.0365. The molecule has 0 fully saturated rings. The molecular weight excluding hydrogens is 358 g/mol. The number of benzene rings is 2. The fraction of sp³-hybridized carbons (Fsp3) is 0.222. The van der Waals surface area contributed by atoms with Gasteiger partial charge in [-0.25, -0.2) is 0 Å². The molecule has 2 rings (SSSR count). The molecule has 1 unspecified atom stereocenters. The standard InChI is InChI=1S/C18H18BrNO3/c1-3-10-23-18-16(11-14(19)12-17(18)20(21)22)15(4-2)13-8-6-5-7-9-13/h4-9,11-12,15H,2-3,10H2,1H3. The predicted molar refractivity (Wildman–Crippen MR) is 95.1 cm³/mol. The van der Waals surface area contributed by atoms with Crippen LogP contribution in [0.1, 0.15) is 30.4 Å².